The van der Waals surface area contributed by atoms with Gasteiger partial charge < -0.3 is 10.2 Å². The molecular weight excluding hydrogens is 274 g/mol. The molecule has 3 atom stereocenters. The quantitative estimate of drug-likeness (QED) is 0.922. The highest BCUT2D eigenvalue weighted by Gasteiger charge is 2.46. The maximum Gasteiger partial charge on any atom is 0.226 e. The minimum atomic E-state index is -0.836. The minimum absolute atomic E-state index is 0.0518. The number of nitrogens with one attached hydrogen (secondary N) is 1. The molecule has 5 heteroatoms. The third-order valence-electron chi connectivity index (χ3n) is 4.57. The highest BCUT2D eigenvalue weighted by molar-refractivity contribution is 5.83. The molecule has 0 bridgehead atoms. The minimum Gasteiger partial charge on any atom is -0.342 e. The molecular formula is C16H20F2N2O. The second-order valence-electron chi connectivity index (χ2n) is 6.12. The fourth-order valence-corrected chi connectivity index (χ4v) is 3.30. The average Bonchev–Trinajstić information content (AvgIpc) is 3.13. The second kappa shape index (κ2) is 5.72. The number of likely N-dealkylation sites (tertiary alicyclic amines) is 1. The van der Waals surface area contributed by atoms with Crippen LogP contribution in [0, 0.1) is 23.5 Å². The summed E-state index contributed by atoms with van der Waals surface area (Å²) in [4.78, 5) is 14.4. The summed E-state index contributed by atoms with van der Waals surface area (Å²) in [6, 6.07) is 3.95. The Morgan fingerprint density at radius 3 is 2.90 bits per heavy atom. The zero-order valence-electron chi connectivity index (χ0n) is 12.1. The van der Waals surface area contributed by atoms with E-state index in [1.807, 2.05) is 11.9 Å². The molecule has 1 saturated heterocycles. The lowest BCUT2D eigenvalue weighted by molar-refractivity contribution is -0.131. The van der Waals surface area contributed by atoms with Crippen molar-refractivity contribution in [3.8, 4) is 0 Å². The van der Waals surface area contributed by atoms with Gasteiger partial charge in [-0.15, -0.1) is 0 Å². The zero-order valence-corrected chi connectivity index (χ0v) is 12.1. The van der Waals surface area contributed by atoms with E-state index in [1.165, 1.54) is 6.07 Å². The van der Waals surface area contributed by atoms with Crippen LogP contribution in [0.25, 0.3) is 0 Å². The topological polar surface area (TPSA) is 32.3 Å². The third kappa shape index (κ3) is 2.93. The lowest BCUT2D eigenvalue weighted by atomic mass is 10.1. The lowest BCUT2D eigenvalue weighted by Gasteiger charge is -2.16. The molecule has 1 aromatic rings. The van der Waals surface area contributed by atoms with Gasteiger partial charge in [0.15, 0.2) is 11.6 Å². The predicted molar refractivity (Wildman–Crippen MR) is 75.8 cm³/mol. The van der Waals surface area contributed by atoms with Crippen molar-refractivity contribution < 1.29 is 13.6 Å². The van der Waals surface area contributed by atoms with E-state index in [2.05, 4.69) is 5.32 Å². The Labute approximate surface area is 123 Å². The summed E-state index contributed by atoms with van der Waals surface area (Å²) in [5.41, 5.74) is 0.734. The van der Waals surface area contributed by atoms with Crippen LogP contribution in [0.3, 0.4) is 0 Å². The van der Waals surface area contributed by atoms with E-state index in [0.29, 0.717) is 5.92 Å². The second-order valence-corrected chi connectivity index (χ2v) is 6.12. The Bertz CT molecular complexity index is 549. The molecule has 1 N–H and O–H groups in total. The van der Waals surface area contributed by atoms with E-state index in [4.69, 9.17) is 0 Å². The molecule has 1 saturated carbocycles. The van der Waals surface area contributed by atoms with Gasteiger partial charge in [0, 0.05) is 19.0 Å². The maximum absolute atomic E-state index is 13.3. The van der Waals surface area contributed by atoms with E-state index in [0.717, 1.165) is 44.1 Å². The third-order valence-corrected chi connectivity index (χ3v) is 4.57. The SMILES string of the molecule is CNC[C@@H]1CCN(C(=O)[C@H]2C[C@H]2c2ccc(F)c(F)c2)C1. The molecule has 2 aliphatic rings. The summed E-state index contributed by atoms with van der Waals surface area (Å²) in [5, 5.41) is 3.14. The van der Waals surface area contributed by atoms with Crippen LogP contribution in [-0.2, 0) is 4.79 Å². The fourth-order valence-electron chi connectivity index (χ4n) is 3.30. The van der Waals surface area contributed by atoms with Crippen LogP contribution in [0.2, 0.25) is 0 Å². The number of hydrogen-bond acceptors (Lipinski definition) is 2. The van der Waals surface area contributed by atoms with Crippen molar-refractivity contribution in [2.24, 2.45) is 11.8 Å². The first-order valence-corrected chi connectivity index (χ1v) is 7.48. The van der Waals surface area contributed by atoms with Gasteiger partial charge in [0.05, 0.1) is 0 Å². The molecule has 1 aliphatic carbocycles. The van der Waals surface area contributed by atoms with Crippen LogP contribution < -0.4 is 5.32 Å². The van der Waals surface area contributed by atoms with Crippen LogP contribution in [0.1, 0.15) is 24.3 Å². The zero-order chi connectivity index (χ0) is 15.0. The number of rotatable bonds is 4. The molecule has 21 heavy (non-hydrogen) atoms. The molecule has 3 rings (SSSR count). The van der Waals surface area contributed by atoms with Gasteiger partial charge in [0.25, 0.3) is 0 Å². The molecule has 3 nitrogen and oxygen atoms in total. The van der Waals surface area contributed by atoms with Crippen molar-refractivity contribution in [2.75, 3.05) is 26.7 Å². The van der Waals surface area contributed by atoms with E-state index < -0.39 is 11.6 Å². The van der Waals surface area contributed by atoms with Crippen LogP contribution in [-0.4, -0.2) is 37.5 Å². The van der Waals surface area contributed by atoms with Crippen molar-refractivity contribution in [1.82, 2.24) is 10.2 Å². The Kier molecular flexibility index (Phi) is 3.93. The van der Waals surface area contributed by atoms with Gasteiger partial charge in [-0.1, -0.05) is 6.07 Å². The van der Waals surface area contributed by atoms with Gasteiger partial charge in [-0.25, -0.2) is 8.78 Å². The van der Waals surface area contributed by atoms with Crippen molar-refractivity contribution in [2.45, 2.75) is 18.8 Å². The first-order chi connectivity index (χ1) is 10.1. The number of benzene rings is 1. The van der Waals surface area contributed by atoms with Gasteiger partial charge in [-0.05, 0) is 56.0 Å². The first kappa shape index (κ1) is 14.4. The number of carbonyl (C=O) groups excluding carboxylic acids is 1. The van der Waals surface area contributed by atoms with Crippen molar-refractivity contribution in [3.63, 3.8) is 0 Å². The molecule has 1 aromatic carbocycles. The van der Waals surface area contributed by atoms with E-state index in [9.17, 15) is 13.6 Å². The van der Waals surface area contributed by atoms with Crippen LogP contribution in [0.15, 0.2) is 18.2 Å². The van der Waals surface area contributed by atoms with Crippen molar-refractivity contribution >= 4 is 5.91 Å². The molecule has 1 heterocycles. The largest absolute Gasteiger partial charge is 0.342 e. The fraction of sp³-hybridized carbons (Fsp3) is 0.562. The summed E-state index contributed by atoms with van der Waals surface area (Å²) in [7, 11) is 1.92. The summed E-state index contributed by atoms with van der Waals surface area (Å²) >= 11 is 0. The standard InChI is InChI=1S/C16H20F2N2O/c1-19-8-10-4-5-20(9-10)16(21)13-7-12(13)11-2-3-14(17)15(18)6-11/h2-3,6,10,12-13,19H,4-5,7-9H2,1H3/t10-,12-,13-/m0/s1. The molecule has 2 fully saturated rings. The Balaban J connectivity index is 1.60. The summed E-state index contributed by atoms with van der Waals surface area (Å²) in [6.45, 7) is 2.55. The van der Waals surface area contributed by atoms with Gasteiger partial charge >= 0.3 is 0 Å². The summed E-state index contributed by atoms with van der Waals surface area (Å²) in [6.07, 6.45) is 1.78. The first-order valence-electron chi connectivity index (χ1n) is 7.48. The molecule has 0 radical (unpaired) electrons. The number of amides is 1. The predicted octanol–water partition coefficient (Wildman–Crippen LogP) is 2.14. The normalized spacial score (nSPS) is 28.0. The van der Waals surface area contributed by atoms with Crippen LogP contribution >= 0.6 is 0 Å². The highest BCUT2D eigenvalue weighted by atomic mass is 19.2. The van der Waals surface area contributed by atoms with E-state index >= 15 is 0 Å². The number of carbonyl (C=O) groups is 1. The van der Waals surface area contributed by atoms with E-state index in [1.54, 1.807) is 6.07 Å². The molecule has 0 unspecified atom stereocenters. The maximum atomic E-state index is 13.3. The van der Waals surface area contributed by atoms with Gasteiger partial charge in [-0.2, -0.15) is 0 Å². The van der Waals surface area contributed by atoms with E-state index in [-0.39, 0.29) is 17.7 Å². The van der Waals surface area contributed by atoms with Gasteiger partial charge in [0.2, 0.25) is 5.91 Å². The van der Waals surface area contributed by atoms with Gasteiger partial charge in [0.1, 0.15) is 0 Å². The smallest absolute Gasteiger partial charge is 0.226 e. The molecule has 0 spiro atoms. The van der Waals surface area contributed by atoms with Crippen LogP contribution in [0.5, 0.6) is 0 Å². The number of nitrogens with zero attached hydrogens (tertiary/aromatic N) is 1. The van der Waals surface area contributed by atoms with Crippen LogP contribution in [0.4, 0.5) is 8.78 Å². The summed E-state index contributed by atoms with van der Waals surface area (Å²) in [5.74, 6) is -0.973. The van der Waals surface area contributed by atoms with Crippen molar-refractivity contribution in [3.05, 3.63) is 35.4 Å². The van der Waals surface area contributed by atoms with Crippen molar-refractivity contribution in [1.29, 1.82) is 0 Å². The Hall–Kier alpha value is -1.49. The number of hydrogen-bond donors (Lipinski definition) is 1. The number of halogens is 2. The lowest BCUT2D eigenvalue weighted by Crippen LogP contribution is -2.31. The Morgan fingerprint density at radius 2 is 2.19 bits per heavy atom. The Morgan fingerprint density at radius 1 is 1.38 bits per heavy atom. The molecule has 1 aliphatic heterocycles. The summed E-state index contributed by atoms with van der Waals surface area (Å²) < 4.78 is 26.2. The monoisotopic (exact) mass is 294 g/mol. The average molecular weight is 294 g/mol. The molecule has 0 aromatic heterocycles. The molecule has 114 valence electrons. The highest BCUT2D eigenvalue weighted by Crippen LogP contribution is 2.49. The molecule has 1 amide bonds. The van der Waals surface area contributed by atoms with Gasteiger partial charge in [-0.3, -0.25) is 4.79 Å².